The SMILES string of the molecule is Cl.Cl.NC(=O)C1=CNSC1. The molecule has 1 amide bonds. The van der Waals surface area contributed by atoms with Crippen molar-refractivity contribution >= 4 is 42.7 Å². The molecule has 0 fully saturated rings. The van der Waals surface area contributed by atoms with E-state index < -0.39 is 0 Å². The fraction of sp³-hybridized carbons (Fsp3) is 0.250. The van der Waals surface area contributed by atoms with Crippen LogP contribution in [0.15, 0.2) is 11.8 Å². The molecule has 0 aliphatic carbocycles. The van der Waals surface area contributed by atoms with Crippen molar-refractivity contribution in [3.8, 4) is 0 Å². The summed E-state index contributed by atoms with van der Waals surface area (Å²) in [4.78, 5) is 10.3. The maximum atomic E-state index is 10.3. The predicted octanol–water partition coefficient (Wildman–Crippen LogP) is 0.451. The summed E-state index contributed by atoms with van der Waals surface area (Å²) in [5.41, 5.74) is 5.60. The van der Waals surface area contributed by atoms with Crippen LogP contribution in [-0.4, -0.2) is 11.7 Å². The topological polar surface area (TPSA) is 55.1 Å². The zero-order valence-electron chi connectivity index (χ0n) is 4.99. The van der Waals surface area contributed by atoms with Gasteiger partial charge in [-0.2, -0.15) is 0 Å². The molecule has 0 atom stereocenters. The summed E-state index contributed by atoms with van der Waals surface area (Å²) in [6.45, 7) is 0. The van der Waals surface area contributed by atoms with E-state index in [0.29, 0.717) is 11.3 Å². The molecule has 0 spiro atoms. The standard InChI is InChI=1S/C4H6N2OS.2ClH/c5-4(7)3-1-6-8-2-3;;/h1,6H,2H2,(H2,5,7);2*1H. The largest absolute Gasteiger partial charge is 0.366 e. The second kappa shape index (κ2) is 5.70. The number of rotatable bonds is 1. The fourth-order valence-corrected chi connectivity index (χ4v) is 1.11. The minimum absolute atomic E-state index is 0. The molecule has 0 radical (unpaired) electrons. The second-order valence-corrected chi connectivity index (χ2v) is 2.25. The van der Waals surface area contributed by atoms with Crippen LogP contribution in [0.3, 0.4) is 0 Å². The number of carbonyl (C=O) groups excluding carboxylic acids is 1. The summed E-state index contributed by atoms with van der Waals surface area (Å²) in [6, 6.07) is 0. The first-order valence-corrected chi connectivity index (χ1v) is 3.15. The molecular weight excluding hydrogens is 195 g/mol. The van der Waals surface area contributed by atoms with Gasteiger partial charge >= 0.3 is 0 Å². The lowest BCUT2D eigenvalue weighted by molar-refractivity contribution is -0.114. The van der Waals surface area contributed by atoms with Crippen LogP contribution in [0.4, 0.5) is 0 Å². The van der Waals surface area contributed by atoms with Crippen molar-refractivity contribution in [2.24, 2.45) is 5.73 Å². The van der Waals surface area contributed by atoms with Crippen molar-refractivity contribution in [3.63, 3.8) is 0 Å². The number of hydrogen-bond acceptors (Lipinski definition) is 3. The van der Waals surface area contributed by atoms with Gasteiger partial charge in [-0.05, 0) is 11.9 Å². The van der Waals surface area contributed by atoms with E-state index in [4.69, 9.17) is 5.73 Å². The van der Waals surface area contributed by atoms with Crippen molar-refractivity contribution in [3.05, 3.63) is 11.8 Å². The Balaban J connectivity index is 0. The van der Waals surface area contributed by atoms with Crippen molar-refractivity contribution in [2.75, 3.05) is 5.75 Å². The maximum absolute atomic E-state index is 10.3. The van der Waals surface area contributed by atoms with Gasteiger partial charge in [-0.3, -0.25) is 4.79 Å². The van der Waals surface area contributed by atoms with Crippen LogP contribution in [0.5, 0.6) is 0 Å². The summed E-state index contributed by atoms with van der Waals surface area (Å²) in [5.74, 6) is 0.359. The number of primary amides is 1. The van der Waals surface area contributed by atoms with Crippen molar-refractivity contribution in [1.29, 1.82) is 0 Å². The molecule has 0 saturated carbocycles. The normalized spacial score (nSPS) is 13.8. The molecule has 3 nitrogen and oxygen atoms in total. The summed E-state index contributed by atoms with van der Waals surface area (Å²) >= 11 is 1.47. The van der Waals surface area contributed by atoms with E-state index in [1.54, 1.807) is 6.20 Å². The first-order valence-electron chi connectivity index (χ1n) is 2.17. The third-order valence-electron chi connectivity index (χ3n) is 0.861. The molecule has 0 unspecified atom stereocenters. The van der Waals surface area contributed by atoms with Crippen LogP contribution in [0.2, 0.25) is 0 Å². The maximum Gasteiger partial charge on any atom is 0.247 e. The van der Waals surface area contributed by atoms with Gasteiger partial charge in [0.05, 0.1) is 0 Å². The lowest BCUT2D eigenvalue weighted by Gasteiger charge is -1.86. The van der Waals surface area contributed by atoms with Gasteiger partial charge < -0.3 is 10.5 Å². The Morgan fingerprint density at radius 1 is 1.70 bits per heavy atom. The molecule has 1 aliphatic rings. The highest BCUT2D eigenvalue weighted by molar-refractivity contribution is 7.97. The van der Waals surface area contributed by atoms with E-state index in [0.717, 1.165) is 0 Å². The van der Waals surface area contributed by atoms with Crippen molar-refractivity contribution < 1.29 is 4.79 Å². The summed E-state index contributed by atoms with van der Waals surface area (Å²) in [6.07, 6.45) is 1.63. The molecule has 60 valence electrons. The number of amides is 1. The minimum Gasteiger partial charge on any atom is -0.366 e. The average molecular weight is 203 g/mol. The van der Waals surface area contributed by atoms with Crippen LogP contribution >= 0.6 is 36.8 Å². The molecular formula is C4H8Cl2N2OS. The van der Waals surface area contributed by atoms with Gasteiger partial charge in [0, 0.05) is 17.5 Å². The van der Waals surface area contributed by atoms with Gasteiger partial charge in [0.2, 0.25) is 5.91 Å². The van der Waals surface area contributed by atoms with Gasteiger partial charge in [0.1, 0.15) is 0 Å². The van der Waals surface area contributed by atoms with Crippen LogP contribution in [-0.2, 0) is 4.79 Å². The van der Waals surface area contributed by atoms with E-state index in [2.05, 4.69) is 4.72 Å². The number of hydrogen-bond donors (Lipinski definition) is 2. The molecule has 1 aliphatic heterocycles. The molecule has 0 bridgehead atoms. The summed E-state index contributed by atoms with van der Waals surface area (Å²) < 4.78 is 2.81. The molecule has 0 aromatic rings. The van der Waals surface area contributed by atoms with Gasteiger partial charge in [-0.15, -0.1) is 24.8 Å². The summed E-state index contributed by atoms with van der Waals surface area (Å²) in [7, 11) is 0. The third-order valence-corrected chi connectivity index (χ3v) is 1.60. The quantitative estimate of drug-likeness (QED) is 0.608. The van der Waals surface area contributed by atoms with Gasteiger partial charge in [-0.1, -0.05) is 0 Å². The molecule has 0 aromatic heterocycles. The fourth-order valence-electron chi connectivity index (χ4n) is 0.416. The highest BCUT2D eigenvalue weighted by Gasteiger charge is 2.08. The molecule has 6 heteroatoms. The Morgan fingerprint density at radius 2 is 2.30 bits per heavy atom. The molecule has 1 rings (SSSR count). The van der Waals surface area contributed by atoms with E-state index in [1.165, 1.54) is 11.9 Å². The van der Waals surface area contributed by atoms with Gasteiger partial charge in [0.15, 0.2) is 0 Å². The number of nitrogens with two attached hydrogens (primary N) is 1. The zero-order chi connectivity index (χ0) is 5.98. The Labute approximate surface area is 75.8 Å². The molecule has 0 aromatic carbocycles. The number of halogens is 2. The monoisotopic (exact) mass is 202 g/mol. The second-order valence-electron chi connectivity index (χ2n) is 1.44. The molecule has 10 heavy (non-hydrogen) atoms. The van der Waals surface area contributed by atoms with Crippen LogP contribution in [0.25, 0.3) is 0 Å². The Hall–Kier alpha value is -0.0600. The minimum atomic E-state index is -0.331. The number of nitrogens with one attached hydrogen (secondary N) is 1. The first kappa shape index (κ1) is 12.6. The van der Waals surface area contributed by atoms with Gasteiger partial charge in [-0.25, -0.2) is 0 Å². The zero-order valence-corrected chi connectivity index (χ0v) is 7.44. The van der Waals surface area contributed by atoms with E-state index in [1.807, 2.05) is 0 Å². The van der Waals surface area contributed by atoms with Crippen molar-refractivity contribution in [1.82, 2.24) is 4.72 Å². The molecule has 0 saturated heterocycles. The van der Waals surface area contributed by atoms with Crippen molar-refractivity contribution in [2.45, 2.75) is 0 Å². The first-order chi connectivity index (χ1) is 3.80. The third kappa shape index (κ3) is 3.20. The van der Waals surface area contributed by atoms with Gasteiger partial charge in [0.25, 0.3) is 0 Å². The lowest BCUT2D eigenvalue weighted by atomic mass is 10.3. The van der Waals surface area contributed by atoms with E-state index >= 15 is 0 Å². The highest BCUT2D eigenvalue weighted by Crippen LogP contribution is 2.09. The van der Waals surface area contributed by atoms with E-state index in [9.17, 15) is 4.79 Å². The Bertz CT molecular complexity index is 150. The Morgan fingerprint density at radius 3 is 2.50 bits per heavy atom. The predicted molar refractivity (Wildman–Crippen MR) is 47.4 cm³/mol. The molecule has 1 heterocycles. The van der Waals surface area contributed by atoms with Crippen LogP contribution in [0.1, 0.15) is 0 Å². The lowest BCUT2D eigenvalue weighted by Crippen LogP contribution is -2.13. The average Bonchev–Trinajstić information content (AvgIpc) is 2.12. The summed E-state index contributed by atoms with van der Waals surface area (Å²) in [5, 5.41) is 0. The smallest absolute Gasteiger partial charge is 0.247 e. The van der Waals surface area contributed by atoms with Crippen LogP contribution in [0, 0.1) is 0 Å². The van der Waals surface area contributed by atoms with Crippen LogP contribution < -0.4 is 10.5 Å². The number of carbonyl (C=O) groups is 1. The van der Waals surface area contributed by atoms with E-state index in [-0.39, 0.29) is 30.7 Å². The highest BCUT2D eigenvalue weighted by atomic mass is 35.5. The Kier molecular flexibility index (Phi) is 7.19. The molecule has 3 N–H and O–H groups in total.